The quantitative estimate of drug-likeness (QED) is 0.466. The van der Waals surface area contributed by atoms with Crippen molar-refractivity contribution in [2.24, 2.45) is 0 Å². The van der Waals surface area contributed by atoms with Crippen molar-refractivity contribution in [2.45, 2.75) is 25.8 Å². The van der Waals surface area contributed by atoms with Gasteiger partial charge < -0.3 is 15.2 Å². The Morgan fingerprint density at radius 1 is 1.31 bits per heavy atom. The second-order valence-corrected chi connectivity index (χ2v) is 10.4. The first-order valence-electron chi connectivity index (χ1n) is 10.5. The normalized spacial score (nSPS) is 18.9. The lowest BCUT2D eigenvalue weighted by atomic mass is 10.0. The highest BCUT2D eigenvalue weighted by atomic mass is 35.5. The van der Waals surface area contributed by atoms with Gasteiger partial charge in [-0.15, -0.1) is 0 Å². The maximum Gasteiger partial charge on any atom is 0.282 e. The van der Waals surface area contributed by atoms with E-state index in [0.29, 0.717) is 5.56 Å². The van der Waals surface area contributed by atoms with E-state index in [9.17, 15) is 28.2 Å². The smallest absolute Gasteiger partial charge is 0.282 e. The van der Waals surface area contributed by atoms with Crippen molar-refractivity contribution >= 4 is 40.3 Å². The van der Waals surface area contributed by atoms with Gasteiger partial charge in [0.1, 0.15) is 28.4 Å². The zero-order valence-corrected chi connectivity index (χ0v) is 20.6. The Labute approximate surface area is 212 Å². The minimum absolute atomic E-state index is 0.00479. The van der Waals surface area contributed by atoms with Crippen molar-refractivity contribution in [3.05, 3.63) is 69.6 Å². The largest absolute Gasteiger partial charge is 0.616 e. The third-order valence-electron chi connectivity index (χ3n) is 5.45. The molecule has 1 aromatic carbocycles. The zero-order chi connectivity index (χ0) is 26.2. The molecule has 3 heterocycles. The molecule has 1 aliphatic rings. The number of pyridine rings is 1. The molecule has 0 bridgehead atoms. The molecule has 0 atom stereocenters. The summed E-state index contributed by atoms with van der Waals surface area (Å²) in [6.45, 7) is 3.33. The first-order valence-corrected chi connectivity index (χ1v) is 12.4. The Hall–Kier alpha value is -3.53. The molecule has 1 saturated heterocycles. The van der Waals surface area contributed by atoms with Gasteiger partial charge in [-0.2, -0.15) is 10.4 Å². The molecule has 0 unspecified atom stereocenters. The first kappa shape index (κ1) is 25.6. The van der Waals surface area contributed by atoms with Crippen molar-refractivity contribution in [3.63, 3.8) is 0 Å². The van der Waals surface area contributed by atoms with Crippen LogP contribution in [0.2, 0.25) is 5.02 Å². The SMILES string of the molecule is Cc1cc(C#N)cc(C(=O)NC2(C)C[S+]([O-])C2)c1NC(=O)c1cc(C(F)F)nn1-c1ncccc1Cl. The molecule has 2 amide bonds. The Balaban J connectivity index is 1.73. The zero-order valence-electron chi connectivity index (χ0n) is 19.0. The molecular weight excluding hydrogens is 514 g/mol. The number of nitrogens with one attached hydrogen (secondary N) is 2. The lowest BCUT2D eigenvalue weighted by molar-refractivity contribution is 0.0917. The van der Waals surface area contributed by atoms with Crippen LogP contribution in [0.4, 0.5) is 14.5 Å². The number of nitriles is 1. The number of hydrogen-bond donors (Lipinski definition) is 2. The Morgan fingerprint density at radius 2 is 2.03 bits per heavy atom. The summed E-state index contributed by atoms with van der Waals surface area (Å²) >= 11 is 5.12. The molecule has 0 spiro atoms. The fourth-order valence-electron chi connectivity index (χ4n) is 3.82. The van der Waals surface area contributed by atoms with Crippen LogP contribution in [0.25, 0.3) is 5.82 Å². The number of nitrogens with zero attached hydrogens (tertiary/aromatic N) is 4. The van der Waals surface area contributed by atoms with Gasteiger partial charge in [0.25, 0.3) is 18.2 Å². The maximum absolute atomic E-state index is 13.4. The predicted octanol–water partition coefficient (Wildman–Crippen LogP) is 3.54. The molecule has 9 nitrogen and oxygen atoms in total. The van der Waals surface area contributed by atoms with E-state index >= 15 is 0 Å². The molecule has 3 aromatic rings. The number of halogens is 3. The molecule has 0 aliphatic carbocycles. The molecule has 186 valence electrons. The second-order valence-electron chi connectivity index (χ2n) is 8.50. The summed E-state index contributed by atoms with van der Waals surface area (Å²) in [7, 11) is 0. The van der Waals surface area contributed by atoms with Crippen LogP contribution in [0, 0.1) is 18.3 Å². The molecule has 4 rings (SSSR count). The van der Waals surface area contributed by atoms with E-state index in [4.69, 9.17) is 11.6 Å². The van der Waals surface area contributed by atoms with E-state index in [-0.39, 0.29) is 44.9 Å². The van der Waals surface area contributed by atoms with Gasteiger partial charge in [0, 0.05) is 6.20 Å². The lowest BCUT2D eigenvalue weighted by Gasteiger charge is -2.39. The number of alkyl halides is 2. The number of carbonyl (C=O) groups excluding carboxylic acids is 2. The van der Waals surface area contributed by atoms with Crippen LogP contribution in [-0.2, 0) is 11.2 Å². The number of carbonyl (C=O) groups is 2. The summed E-state index contributed by atoms with van der Waals surface area (Å²) in [4.78, 5) is 30.5. The molecule has 0 radical (unpaired) electrons. The minimum atomic E-state index is -2.97. The highest BCUT2D eigenvalue weighted by Gasteiger charge is 2.46. The minimum Gasteiger partial charge on any atom is -0.616 e. The summed E-state index contributed by atoms with van der Waals surface area (Å²) in [6.07, 6.45) is -1.60. The number of benzene rings is 1. The van der Waals surface area contributed by atoms with Gasteiger partial charge >= 0.3 is 0 Å². The van der Waals surface area contributed by atoms with Crippen LogP contribution in [0.5, 0.6) is 0 Å². The van der Waals surface area contributed by atoms with Crippen LogP contribution in [-0.4, -0.2) is 48.2 Å². The second kappa shape index (κ2) is 9.85. The average Bonchev–Trinajstić information content (AvgIpc) is 3.25. The Morgan fingerprint density at radius 3 is 2.64 bits per heavy atom. The van der Waals surface area contributed by atoms with Gasteiger partial charge in [-0.05, 0) is 60.9 Å². The van der Waals surface area contributed by atoms with E-state index in [0.717, 1.165) is 10.7 Å². The molecule has 2 N–H and O–H groups in total. The van der Waals surface area contributed by atoms with Crippen molar-refractivity contribution in [3.8, 4) is 11.9 Å². The van der Waals surface area contributed by atoms with Gasteiger partial charge in [-0.1, -0.05) is 11.6 Å². The molecule has 1 fully saturated rings. The Bertz CT molecular complexity index is 1400. The van der Waals surface area contributed by atoms with Gasteiger partial charge in [-0.3, -0.25) is 9.59 Å². The van der Waals surface area contributed by atoms with Crippen LogP contribution in [0.15, 0.2) is 36.5 Å². The van der Waals surface area contributed by atoms with Gasteiger partial charge in [0.2, 0.25) is 0 Å². The van der Waals surface area contributed by atoms with Crippen LogP contribution >= 0.6 is 11.6 Å². The topological polar surface area (TPSA) is 136 Å². The summed E-state index contributed by atoms with van der Waals surface area (Å²) in [5.41, 5.74) is -0.993. The fraction of sp³-hybridized carbons (Fsp3) is 0.261. The Kier molecular flexibility index (Phi) is 6.99. The number of rotatable bonds is 6. The third-order valence-corrected chi connectivity index (χ3v) is 7.66. The molecule has 0 saturated carbocycles. The van der Waals surface area contributed by atoms with Crippen LogP contribution in [0.3, 0.4) is 0 Å². The van der Waals surface area contributed by atoms with E-state index in [1.54, 1.807) is 13.8 Å². The van der Waals surface area contributed by atoms with Gasteiger partial charge in [0.05, 0.1) is 27.9 Å². The molecule has 1 aliphatic heterocycles. The monoisotopic (exact) mass is 532 g/mol. The van der Waals surface area contributed by atoms with Crippen molar-refractivity contribution in [1.82, 2.24) is 20.1 Å². The van der Waals surface area contributed by atoms with Crippen LogP contribution in [0.1, 0.15) is 51.0 Å². The highest BCUT2D eigenvalue weighted by molar-refractivity contribution is 7.93. The van der Waals surface area contributed by atoms with Crippen molar-refractivity contribution in [1.29, 1.82) is 5.26 Å². The third kappa shape index (κ3) is 5.04. The molecular formula is C23H19ClF2N6O3S. The average molecular weight is 533 g/mol. The number of amides is 2. The lowest BCUT2D eigenvalue weighted by Crippen LogP contribution is -2.63. The number of anilines is 1. The van der Waals surface area contributed by atoms with Gasteiger partial charge in [0.15, 0.2) is 5.82 Å². The van der Waals surface area contributed by atoms with E-state index in [2.05, 4.69) is 20.7 Å². The summed E-state index contributed by atoms with van der Waals surface area (Å²) in [5.74, 6) is -0.917. The number of aryl methyl sites for hydroxylation is 1. The van der Waals surface area contributed by atoms with Crippen molar-refractivity contribution in [2.75, 3.05) is 16.8 Å². The van der Waals surface area contributed by atoms with Crippen LogP contribution < -0.4 is 10.6 Å². The van der Waals surface area contributed by atoms with E-state index in [1.165, 1.54) is 30.5 Å². The first-order chi connectivity index (χ1) is 17.0. The van der Waals surface area contributed by atoms with Crippen molar-refractivity contribution < 1.29 is 22.9 Å². The van der Waals surface area contributed by atoms with Gasteiger partial charge in [-0.25, -0.2) is 18.4 Å². The van der Waals surface area contributed by atoms with E-state index in [1.807, 2.05) is 6.07 Å². The van der Waals surface area contributed by atoms with E-state index < -0.39 is 40.6 Å². The predicted molar refractivity (Wildman–Crippen MR) is 129 cm³/mol. The standard InChI is InChI=1S/C23H19ClF2N6O3S/c1-12-6-13(9-27)7-14(21(33)30-23(2)10-36(35)11-23)18(12)29-22(34)17-8-16(19(25)26)31-32(17)20-15(24)4-3-5-28-20/h3-8,19H,10-11H2,1-2H3,(H,29,34)(H,30,33). The molecule has 2 aromatic heterocycles. The summed E-state index contributed by atoms with van der Waals surface area (Å²) in [5, 5.41) is 18.6. The number of hydrogen-bond acceptors (Lipinski definition) is 6. The number of aromatic nitrogens is 3. The molecule has 13 heteroatoms. The highest BCUT2D eigenvalue weighted by Crippen LogP contribution is 2.29. The summed E-state index contributed by atoms with van der Waals surface area (Å²) in [6, 6.07) is 8.67. The summed E-state index contributed by atoms with van der Waals surface area (Å²) < 4.78 is 39.4. The molecule has 36 heavy (non-hydrogen) atoms. The maximum atomic E-state index is 13.4. The fourth-order valence-corrected chi connectivity index (χ4v) is 5.50.